The molecule has 11 heteroatoms. The molecule has 0 spiro atoms. The van der Waals surface area contributed by atoms with Crippen molar-refractivity contribution in [2.24, 2.45) is 0 Å². The molecule has 0 fully saturated rings. The first-order valence-corrected chi connectivity index (χ1v) is 9.91. The third kappa shape index (κ3) is 3.36. The van der Waals surface area contributed by atoms with Gasteiger partial charge in [0.15, 0.2) is 17.0 Å². The minimum absolute atomic E-state index is 0.0715. The summed E-state index contributed by atoms with van der Waals surface area (Å²) in [6.07, 6.45) is -4.50. The van der Waals surface area contributed by atoms with Crippen molar-refractivity contribution in [2.75, 3.05) is 5.73 Å². The van der Waals surface area contributed by atoms with Gasteiger partial charge in [0, 0.05) is 0 Å². The number of nitrogens with one attached hydrogen (secondary N) is 1. The predicted octanol–water partition coefficient (Wildman–Crippen LogP) is 4.37. The number of halogens is 3. The van der Waals surface area contributed by atoms with E-state index in [1.165, 1.54) is 16.7 Å². The van der Waals surface area contributed by atoms with Gasteiger partial charge in [-0.3, -0.25) is 0 Å². The molecule has 0 aliphatic heterocycles. The Morgan fingerprint density at radius 1 is 0.971 bits per heavy atom. The van der Waals surface area contributed by atoms with Crippen LogP contribution in [-0.4, -0.2) is 24.5 Å². The lowest BCUT2D eigenvalue weighted by atomic mass is 10.1. The molecule has 166 valence electrons. The fraction of sp³-hybridized carbons (Fsp3) is 0.0870. The van der Waals surface area contributed by atoms with Crippen molar-refractivity contribution in [1.82, 2.24) is 24.5 Å². The highest BCUT2D eigenvalue weighted by atomic mass is 19.4. The predicted molar refractivity (Wildman–Crippen MR) is 117 cm³/mol. The molecule has 3 N–H and O–H groups in total. The molecule has 3 aromatic heterocycles. The van der Waals surface area contributed by atoms with E-state index in [4.69, 9.17) is 5.73 Å². The Morgan fingerprint density at radius 3 is 2.41 bits per heavy atom. The fourth-order valence-corrected chi connectivity index (χ4v) is 3.80. The molecule has 2 aromatic carbocycles. The van der Waals surface area contributed by atoms with Crippen molar-refractivity contribution >= 4 is 28.0 Å². The highest BCUT2D eigenvalue weighted by molar-refractivity contribution is 5.98. The number of hydrogen-bond acceptors (Lipinski definition) is 6. The van der Waals surface area contributed by atoms with E-state index in [0.29, 0.717) is 22.5 Å². The summed E-state index contributed by atoms with van der Waals surface area (Å²) in [4.78, 5) is 16.3. The molecular formula is C23H13F3N8. The number of nitrogens with two attached hydrogens (primary N) is 1. The third-order valence-electron chi connectivity index (χ3n) is 5.35. The van der Waals surface area contributed by atoms with E-state index in [2.05, 4.69) is 19.9 Å². The second-order valence-electron chi connectivity index (χ2n) is 7.46. The lowest BCUT2D eigenvalue weighted by Crippen LogP contribution is -2.09. The number of anilines is 1. The molecular weight excluding hydrogens is 445 g/mol. The third-order valence-corrected chi connectivity index (χ3v) is 5.35. The molecule has 8 nitrogen and oxygen atoms in total. The number of imidazole rings is 1. The Morgan fingerprint density at radius 2 is 1.71 bits per heavy atom. The first-order chi connectivity index (χ1) is 16.3. The lowest BCUT2D eigenvalue weighted by molar-refractivity contribution is -0.137. The van der Waals surface area contributed by atoms with Crippen LogP contribution in [0.15, 0.2) is 48.5 Å². The largest absolute Gasteiger partial charge is 0.416 e. The van der Waals surface area contributed by atoms with Gasteiger partial charge < -0.3 is 15.3 Å². The maximum absolute atomic E-state index is 13.2. The molecule has 0 atom stereocenters. The van der Waals surface area contributed by atoms with E-state index in [1.54, 1.807) is 6.07 Å². The van der Waals surface area contributed by atoms with Crippen molar-refractivity contribution in [3.8, 4) is 23.5 Å². The quantitative estimate of drug-likeness (QED) is 0.413. The van der Waals surface area contributed by atoms with Crippen molar-refractivity contribution < 1.29 is 13.2 Å². The number of alkyl halides is 3. The van der Waals surface area contributed by atoms with E-state index < -0.39 is 11.7 Å². The minimum Gasteiger partial charge on any atom is -0.384 e. The molecule has 0 saturated heterocycles. The Hall–Kier alpha value is -4.90. The van der Waals surface area contributed by atoms with Gasteiger partial charge in [-0.1, -0.05) is 24.3 Å². The van der Waals surface area contributed by atoms with Gasteiger partial charge in [-0.25, -0.2) is 15.0 Å². The monoisotopic (exact) mass is 458 g/mol. The highest BCUT2D eigenvalue weighted by Gasteiger charge is 2.31. The van der Waals surface area contributed by atoms with Gasteiger partial charge in [0.1, 0.15) is 29.3 Å². The van der Waals surface area contributed by atoms with E-state index in [0.717, 1.165) is 17.6 Å². The number of fused-ring (bicyclic) bond motifs is 2. The molecule has 5 aromatic rings. The second-order valence-corrected chi connectivity index (χ2v) is 7.46. The van der Waals surface area contributed by atoms with Gasteiger partial charge in [-0.2, -0.15) is 23.7 Å². The average Bonchev–Trinajstić information content (AvgIpc) is 3.36. The number of nitrogen functional groups attached to an aromatic ring is 1. The SMILES string of the molecule is N#Cc1nc2c(-c3nc4ccccc4[nH]3)c(N)n(Cc3cccc(C(F)(F)F)c3)c2nc1C#N. The van der Waals surface area contributed by atoms with Crippen molar-refractivity contribution in [3.05, 3.63) is 71.0 Å². The number of para-hydroxylation sites is 2. The van der Waals surface area contributed by atoms with Gasteiger partial charge in [-0.05, 0) is 29.8 Å². The summed E-state index contributed by atoms with van der Waals surface area (Å²) >= 11 is 0. The zero-order valence-corrected chi connectivity index (χ0v) is 17.2. The van der Waals surface area contributed by atoms with Crippen LogP contribution in [0.5, 0.6) is 0 Å². The molecule has 5 rings (SSSR count). The van der Waals surface area contributed by atoms with Crippen LogP contribution in [0, 0.1) is 22.7 Å². The number of hydrogen-bond donors (Lipinski definition) is 2. The summed E-state index contributed by atoms with van der Waals surface area (Å²) in [7, 11) is 0. The van der Waals surface area contributed by atoms with Crippen LogP contribution < -0.4 is 5.73 Å². The zero-order valence-electron chi connectivity index (χ0n) is 17.2. The molecule has 0 saturated carbocycles. The normalized spacial score (nSPS) is 11.6. The van der Waals surface area contributed by atoms with Gasteiger partial charge in [0.2, 0.25) is 0 Å². The minimum atomic E-state index is -4.50. The van der Waals surface area contributed by atoms with E-state index >= 15 is 0 Å². The maximum atomic E-state index is 13.2. The number of nitriles is 2. The molecule has 0 unspecified atom stereocenters. The second kappa shape index (κ2) is 7.60. The number of aromatic nitrogens is 5. The van der Waals surface area contributed by atoms with Crippen LogP contribution in [0.3, 0.4) is 0 Å². The Bertz CT molecular complexity index is 1630. The van der Waals surface area contributed by atoms with Crippen LogP contribution in [0.2, 0.25) is 0 Å². The first kappa shape index (κ1) is 21.0. The number of benzene rings is 2. The topological polar surface area (TPSA) is 133 Å². The number of aromatic amines is 1. The van der Waals surface area contributed by atoms with Gasteiger partial charge in [-0.15, -0.1) is 0 Å². The molecule has 3 heterocycles. The Balaban J connectivity index is 1.76. The van der Waals surface area contributed by atoms with Crippen LogP contribution in [-0.2, 0) is 12.7 Å². The molecule has 0 aliphatic carbocycles. The van der Waals surface area contributed by atoms with E-state index in [1.807, 2.05) is 30.3 Å². The lowest BCUT2D eigenvalue weighted by Gasteiger charge is -2.11. The van der Waals surface area contributed by atoms with Crippen molar-refractivity contribution in [1.29, 1.82) is 10.5 Å². The summed E-state index contributed by atoms with van der Waals surface area (Å²) in [5.74, 6) is 0.486. The molecule has 34 heavy (non-hydrogen) atoms. The summed E-state index contributed by atoms with van der Waals surface area (Å²) in [6, 6.07) is 15.8. The molecule has 0 radical (unpaired) electrons. The summed E-state index contributed by atoms with van der Waals surface area (Å²) < 4.78 is 41.1. The zero-order chi connectivity index (χ0) is 24.0. The number of H-pyrrole nitrogens is 1. The number of nitrogens with zero attached hydrogens (tertiary/aromatic N) is 6. The summed E-state index contributed by atoms with van der Waals surface area (Å²) in [5.41, 5.74) is 7.67. The van der Waals surface area contributed by atoms with Crippen LogP contribution >= 0.6 is 0 Å². The maximum Gasteiger partial charge on any atom is 0.416 e. The number of rotatable bonds is 3. The average molecular weight is 458 g/mol. The smallest absolute Gasteiger partial charge is 0.384 e. The van der Waals surface area contributed by atoms with Crippen LogP contribution in [0.1, 0.15) is 22.5 Å². The Kier molecular flexibility index (Phi) is 4.69. The Labute approximate surface area is 189 Å². The summed E-state index contributed by atoms with van der Waals surface area (Å²) in [6.45, 7) is -0.0715. The molecule has 0 bridgehead atoms. The summed E-state index contributed by atoms with van der Waals surface area (Å²) in [5, 5.41) is 18.8. The van der Waals surface area contributed by atoms with Gasteiger partial charge in [0.05, 0.1) is 28.7 Å². The molecule has 0 amide bonds. The van der Waals surface area contributed by atoms with Crippen molar-refractivity contribution in [3.63, 3.8) is 0 Å². The van der Waals surface area contributed by atoms with Crippen LogP contribution in [0.4, 0.5) is 19.0 Å². The van der Waals surface area contributed by atoms with Crippen LogP contribution in [0.25, 0.3) is 33.6 Å². The van der Waals surface area contributed by atoms with Gasteiger partial charge in [0.25, 0.3) is 0 Å². The molecule has 0 aliphatic rings. The van der Waals surface area contributed by atoms with Crippen molar-refractivity contribution in [2.45, 2.75) is 12.7 Å². The fourth-order valence-electron chi connectivity index (χ4n) is 3.80. The van der Waals surface area contributed by atoms with Gasteiger partial charge >= 0.3 is 6.18 Å². The first-order valence-electron chi connectivity index (χ1n) is 9.91. The highest BCUT2D eigenvalue weighted by Crippen LogP contribution is 2.36. The van der Waals surface area contributed by atoms with E-state index in [-0.39, 0.29) is 34.9 Å². The van der Waals surface area contributed by atoms with E-state index in [9.17, 15) is 23.7 Å². The standard InChI is InChI=1S/C23H13F3N8/c24-23(25,26)13-5-3-4-12(8-13)11-34-20(29)18(21-31-14-6-1-2-7-15(14)32-21)19-22(34)33-17(10-28)16(9-27)30-19/h1-8H,11,29H2,(H,31,32).